The topological polar surface area (TPSA) is 70.5 Å². The maximum Gasteiger partial charge on any atom is 0.318 e. The summed E-state index contributed by atoms with van der Waals surface area (Å²) >= 11 is 0. The largest absolute Gasteiger partial charge is 0.326 e. The van der Waals surface area contributed by atoms with E-state index in [4.69, 9.17) is 0 Å². The molecule has 0 spiro atoms. The van der Waals surface area contributed by atoms with Gasteiger partial charge in [0, 0.05) is 38.4 Å². The molecule has 2 fully saturated rings. The van der Waals surface area contributed by atoms with Crippen molar-refractivity contribution >= 4 is 17.8 Å². The zero-order valence-corrected chi connectivity index (χ0v) is 15.4. The summed E-state index contributed by atoms with van der Waals surface area (Å²) in [6, 6.07) is 1.37. The van der Waals surface area contributed by atoms with Gasteiger partial charge in [-0.05, 0) is 45.4 Å². The van der Waals surface area contributed by atoms with Crippen LogP contribution in [-0.2, 0) is 11.8 Å². The molecule has 2 aliphatic rings. The fraction of sp³-hybridized carbons (Fsp3) is 0.722. The lowest BCUT2D eigenvalue weighted by Gasteiger charge is -2.37. The van der Waals surface area contributed by atoms with E-state index in [1.165, 1.54) is 19.3 Å². The molecule has 138 valence electrons. The fourth-order valence-corrected chi connectivity index (χ4v) is 3.50. The third kappa shape index (κ3) is 3.96. The Morgan fingerprint density at radius 1 is 1.36 bits per heavy atom. The van der Waals surface area contributed by atoms with Crippen molar-refractivity contribution in [3.8, 4) is 0 Å². The zero-order chi connectivity index (χ0) is 18.0. The van der Waals surface area contributed by atoms with Crippen LogP contribution in [0.1, 0.15) is 46.0 Å². The number of hydrogen-bond donors (Lipinski definition) is 1. The summed E-state index contributed by atoms with van der Waals surface area (Å²) in [4.78, 5) is 29.1. The number of urea groups is 1. The minimum Gasteiger partial charge on any atom is -0.326 e. The highest BCUT2D eigenvalue weighted by Gasteiger charge is 2.34. The predicted octanol–water partition coefficient (Wildman–Crippen LogP) is 2.14. The van der Waals surface area contributed by atoms with E-state index in [2.05, 4.69) is 10.4 Å². The molecule has 25 heavy (non-hydrogen) atoms. The lowest BCUT2D eigenvalue weighted by Crippen LogP contribution is -2.57. The Bertz CT molecular complexity index is 623. The maximum atomic E-state index is 12.8. The van der Waals surface area contributed by atoms with Crippen molar-refractivity contribution in [3.63, 3.8) is 0 Å². The number of piperidine rings is 1. The molecule has 1 saturated carbocycles. The lowest BCUT2D eigenvalue weighted by atomic mass is 9.85. The Labute approximate surface area is 149 Å². The first kappa shape index (κ1) is 17.8. The smallest absolute Gasteiger partial charge is 0.318 e. The maximum absolute atomic E-state index is 12.8. The van der Waals surface area contributed by atoms with Crippen LogP contribution >= 0.6 is 0 Å². The van der Waals surface area contributed by atoms with Gasteiger partial charge >= 0.3 is 6.03 Å². The Hall–Kier alpha value is -2.05. The molecule has 0 radical (unpaired) electrons. The van der Waals surface area contributed by atoms with Crippen molar-refractivity contribution in [2.24, 2.45) is 13.0 Å². The summed E-state index contributed by atoms with van der Waals surface area (Å²) in [5.74, 6) is 1.20. The number of aryl methyl sites for hydroxylation is 1. The molecule has 1 saturated heterocycles. The molecule has 1 N–H and O–H groups in total. The number of aromatic nitrogens is 2. The Morgan fingerprint density at radius 3 is 2.68 bits per heavy atom. The minimum atomic E-state index is -0.467. The predicted molar refractivity (Wildman–Crippen MR) is 96.3 cm³/mol. The molecule has 1 aliphatic heterocycles. The number of nitrogens with one attached hydrogen (secondary N) is 1. The Balaban J connectivity index is 1.63. The Kier molecular flexibility index (Phi) is 5.30. The molecule has 2 heterocycles. The van der Waals surface area contributed by atoms with Gasteiger partial charge in [-0.3, -0.25) is 14.4 Å². The van der Waals surface area contributed by atoms with Crippen molar-refractivity contribution < 1.29 is 9.59 Å². The normalized spacial score (nSPS) is 21.4. The second-order valence-corrected chi connectivity index (χ2v) is 7.52. The number of carbonyl (C=O) groups is 2. The highest BCUT2D eigenvalue weighted by atomic mass is 16.2. The average molecular weight is 347 g/mol. The summed E-state index contributed by atoms with van der Waals surface area (Å²) in [6.45, 7) is 5.49. The van der Waals surface area contributed by atoms with Crippen molar-refractivity contribution in [2.45, 2.75) is 58.0 Å². The van der Waals surface area contributed by atoms with Gasteiger partial charge in [0.1, 0.15) is 6.04 Å². The molecule has 3 amide bonds. The van der Waals surface area contributed by atoms with Crippen molar-refractivity contribution in [1.82, 2.24) is 20.0 Å². The van der Waals surface area contributed by atoms with Gasteiger partial charge in [-0.1, -0.05) is 6.42 Å². The molecule has 1 aromatic rings. The molecule has 1 atom stereocenters. The molecule has 1 aromatic heterocycles. The summed E-state index contributed by atoms with van der Waals surface area (Å²) in [5.41, 5.74) is 0. The number of amides is 3. The van der Waals surface area contributed by atoms with E-state index in [0.29, 0.717) is 24.7 Å². The summed E-state index contributed by atoms with van der Waals surface area (Å²) in [7, 11) is 1.83. The molecule has 7 nitrogen and oxygen atoms in total. The highest BCUT2D eigenvalue weighted by Crippen LogP contribution is 2.28. The highest BCUT2D eigenvalue weighted by molar-refractivity contribution is 5.99. The van der Waals surface area contributed by atoms with Gasteiger partial charge in [-0.25, -0.2) is 4.79 Å². The van der Waals surface area contributed by atoms with Crippen LogP contribution in [0.3, 0.4) is 0 Å². The third-order valence-corrected chi connectivity index (χ3v) is 5.28. The van der Waals surface area contributed by atoms with E-state index >= 15 is 0 Å². The summed E-state index contributed by atoms with van der Waals surface area (Å²) in [5, 5.41) is 7.29. The van der Waals surface area contributed by atoms with Gasteiger partial charge in [-0.15, -0.1) is 0 Å². The van der Waals surface area contributed by atoms with E-state index in [-0.39, 0.29) is 18.0 Å². The van der Waals surface area contributed by atoms with E-state index in [1.807, 2.05) is 38.1 Å². The van der Waals surface area contributed by atoms with Crippen LogP contribution in [0.15, 0.2) is 12.3 Å². The molecular weight excluding hydrogens is 318 g/mol. The first-order chi connectivity index (χ1) is 12.0. The van der Waals surface area contributed by atoms with E-state index in [1.54, 1.807) is 9.58 Å². The molecule has 0 bridgehead atoms. The Morgan fingerprint density at radius 2 is 2.12 bits per heavy atom. The molecule has 7 heteroatoms. The van der Waals surface area contributed by atoms with Crippen molar-refractivity contribution in [1.29, 1.82) is 0 Å². The third-order valence-electron chi connectivity index (χ3n) is 5.28. The van der Waals surface area contributed by atoms with Gasteiger partial charge in [0.05, 0.1) is 0 Å². The monoisotopic (exact) mass is 347 g/mol. The van der Waals surface area contributed by atoms with Crippen LogP contribution in [0, 0.1) is 5.92 Å². The number of nitrogens with zero attached hydrogens (tertiary/aromatic N) is 4. The lowest BCUT2D eigenvalue weighted by molar-refractivity contribution is -0.121. The second-order valence-electron chi connectivity index (χ2n) is 7.52. The van der Waals surface area contributed by atoms with Crippen LogP contribution < -0.4 is 10.2 Å². The quantitative estimate of drug-likeness (QED) is 0.887. The van der Waals surface area contributed by atoms with E-state index in [0.717, 1.165) is 13.0 Å². The summed E-state index contributed by atoms with van der Waals surface area (Å²) in [6.07, 6.45) is 7.03. The molecular formula is C18H29N5O2. The summed E-state index contributed by atoms with van der Waals surface area (Å²) < 4.78 is 1.68. The van der Waals surface area contributed by atoms with Gasteiger partial charge in [-0.2, -0.15) is 5.10 Å². The SMILES string of the molecule is CC(C)N(CC1CCC1)C(=O)NC1CCCN(c2ccn(C)n2)C1=O. The van der Waals surface area contributed by atoms with E-state index < -0.39 is 6.04 Å². The van der Waals surface area contributed by atoms with Gasteiger partial charge in [0.2, 0.25) is 0 Å². The zero-order valence-electron chi connectivity index (χ0n) is 15.4. The van der Waals surface area contributed by atoms with Crippen LogP contribution in [0.5, 0.6) is 0 Å². The number of anilines is 1. The number of hydrogen-bond acceptors (Lipinski definition) is 3. The number of rotatable bonds is 5. The van der Waals surface area contributed by atoms with Crippen LogP contribution in [0.25, 0.3) is 0 Å². The molecule has 3 rings (SSSR count). The minimum absolute atomic E-state index is 0.0642. The first-order valence-electron chi connectivity index (χ1n) is 9.34. The van der Waals surface area contributed by atoms with E-state index in [9.17, 15) is 9.59 Å². The van der Waals surface area contributed by atoms with Gasteiger partial charge < -0.3 is 10.2 Å². The van der Waals surface area contributed by atoms with Crippen molar-refractivity contribution in [3.05, 3.63) is 12.3 Å². The molecule has 1 aliphatic carbocycles. The molecule has 1 unspecified atom stereocenters. The molecule has 0 aromatic carbocycles. The fourth-order valence-electron chi connectivity index (χ4n) is 3.50. The second kappa shape index (κ2) is 7.45. The van der Waals surface area contributed by atoms with Crippen LogP contribution in [0.4, 0.5) is 10.6 Å². The standard InChI is InChI=1S/C18H29N5O2/c1-13(2)23(12-14-6-4-7-14)18(25)19-15-8-5-10-22(17(15)24)16-9-11-21(3)20-16/h9,11,13-15H,4-8,10,12H2,1-3H3,(H,19,25). The van der Waals surface area contributed by atoms with Crippen molar-refractivity contribution in [2.75, 3.05) is 18.0 Å². The first-order valence-corrected chi connectivity index (χ1v) is 9.34. The van der Waals surface area contributed by atoms with Crippen LogP contribution in [0.2, 0.25) is 0 Å². The van der Waals surface area contributed by atoms with Gasteiger partial charge in [0.15, 0.2) is 5.82 Å². The van der Waals surface area contributed by atoms with Gasteiger partial charge in [0.25, 0.3) is 5.91 Å². The van der Waals surface area contributed by atoms with Crippen LogP contribution in [-0.4, -0.2) is 51.8 Å². The number of carbonyl (C=O) groups excluding carboxylic acids is 2. The average Bonchev–Trinajstić information content (AvgIpc) is 2.94.